The van der Waals surface area contributed by atoms with Gasteiger partial charge in [0, 0.05) is 0 Å². The Kier molecular flexibility index (Phi) is 4.49. The molecule has 130 valence electrons. The summed E-state index contributed by atoms with van der Waals surface area (Å²) in [6.45, 7) is 7.53. The predicted molar refractivity (Wildman–Crippen MR) is 108 cm³/mol. The molecule has 5 atom stereocenters. The summed E-state index contributed by atoms with van der Waals surface area (Å²) in [6, 6.07) is 14.1. The normalized spacial score (nSPS) is 34.8. The van der Waals surface area contributed by atoms with Gasteiger partial charge < -0.3 is 0 Å². The summed E-state index contributed by atoms with van der Waals surface area (Å²) >= 11 is 0. The van der Waals surface area contributed by atoms with Crippen LogP contribution in [0.2, 0.25) is 23.7 Å². The van der Waals surface area contributed by atoms with Gasteiger partial charge in [-0.05, 0) is 46.8 Å². The molecule has 2 aliphatic carbocycles. The molecule has 0 radical (unpaired) electrons. The van der Waals surface area contributed by atoms with Gasteiger partial charge in [0.2, 0.25) is 0 Å². The van der Waals surface area contributed by atoms with Crippen LogP contribution < -0.4 is 0 Å². The summed E-state index contributed by atoms with van der Waals surface area (Å²) in [6.07, 6.45) is 11.0. The summed E-state index contributed by atoms with van der Waals surface area (Å²) in [5, 5.41) is 0. The van der Waals surface area contributed by atoms with Crippen LogP contribution in [0.4, 0.5) is 0 Å². The first-order chi connectivity index (χ1) is 11.6. The molecular formula is C23H34Si. The van der Waals surface area contributed by atoms with Crippen molar-refractivity contribution in [3.05, 3.63) is 41.5 Å². The first-order valence-corrected chi connectivity index (χ1v) is 13.1. The predicted octanol–water partition coefficient (Wildman–Crippen LogP) is 7.11. The van der Waals surface area contributed by atoms with Crippen molar-refractivity contribution in [2.24, 2.45) is 17.8 Å². The van der Waals surface area contributed by atoms with Crippen molar-refractivity contribution < 1.29 is 0 Å². The van der Waals surface area contributed by atoms with Crippen molar-refractivity contribution in [2.75, 3.05) is 0 Å². The van der Waals surface area contributed by atoms with Crippen LogP contribution in [0.25, 0.3) is 6.08 Å². The minimum absolute atomic E-state index is 0.813. The fourth-order valence-electron chi connectivity index (χ4n) is 6.74. The van der Waals surface area contributed by atoms with Gasteiger partial charge in [-0.15, -0.1) is 0 Å². The maximum absolute atomic E-state index is 2.64. The smallest absolute Gasteiger partial charge is 0.0578 e. The molecule has 0 spiro atoms. The topological polar surface area (TPSA) is 0 Å². The summed E-state index contributed by atoms with van der Waals surface area (Å²) in [5.74, 6) is 3.54. The highest BCUT2D eigenvalue weighted by Gasteiger charge is 2.54. The molecule has 5 unspecified atom stereocenters. The van der Waals surface area contributed by atoms with E-state index >= 15 is 0 Å². The van der Waals surface area contributed by atoms with Crippen molar-refractivity contribution in [3.8, 4) is 0 Å². The quantitative estimate of drug-likeness (QED) is 0.513. The molecule has 1 saturated carbocycles. The molecule has 1 aliphatic heterocycles. The Labute approximate surface area is 149 Å². The first-order valence-electron chi connectivity index (χ1n) is 10.4. The summed E-state index contributed by atoms with van der Waals surface area (Å²) in [5.41, 5.74) is 4.20. The fourth-order valence-corrected chi connectivity index (χ4v) is 14.4. The second kappa shape index (κ2) is 6.48. The molecule has 1 saturated heterocycles. The first kappa shape index (κ1) is 16.6. The SMILES string of the molecule is CCC(C)C[Si]1(C2C(C)CC3c4ccccc4C=CC32)CCCC1. The van der Waals surface area contributed by atoms with Gasteiger partial charge in [0.25, 0.3) is 0 Å². The molecule has 1 heteroatoms. The molecule has 4 rings (SSSR count). The van der Waals surface area contributed by atoms with E-state index in [-0.39, 0.29) is 0 Å². The summed E-state index contributed by atoms with van der Waals surface area (Å²) < 4.78 is 0. The monoisotopic (exact) mass is 338 g/mol. The molecule has 0 N–H and O–H groups in total. The largest absolute Gasteiger partial charge is 0.0802 e. The zero-order valence-corrected chi connectivity index (χ0v) is 16.8. The Morgan fingerprint density at radius 2 is 1.92 bits per heavy atom. The molecule has 1 heterocycles. The van der Waals surface area contributed by atoms with Gasteiger partial charge in [-0.3, -0.25) is 0 Å². The van der Waals surface area contributed by atoms with Crippen LogP contribution in [-0.2, 0) is 0 Å². The lowest BCUT2D eigenvalue weighted by atomic mass is 9.81. The van der Waals surface area contributed by atoms with Crippen LogP contribution >= 0.6 is 0 Å². The highest BCUT2D eigenvalue weighted by atomic mass is 28.3. The summed E-state index contributed by atoms with van der Waals surface area (Å²) in [4.78, 5) is 0. The highest BCUT2D eigenvalue weighted by molar-refractivity contribution is 6.82. The molecule has 3 aliphatic rings. The van der Waals surface area contributed by atoms with Crippen LogP contribution in [0.5, 0.6) is 0 Å². The third-order valence-corrected chi connectivity index (χ3v) is 14.3. The van der Waals surface area contributed by atoms with Crippen LogP contribution in [-0.4, -0.2) is 8.07 Å². The van der Waals surface area contributed by atoms with E-state index in [1.54, 1.807) is 23.7 Å². The number of rotatable bonds is 4. The molecular weight excluding hydrogens is 304 g/mol. The highest BCUT2D eigenvalue weighted by Crippen LogP contribution is 2.61. The van der Waals surface area contributed by atoms with Gasteiger partial charge in [-0.2, -0.15) is 0 Å². The Bertz CT molecular complexity index is 610. The van der Waals surface area contributed by atoms with E-state index in [0.717, 1.165) is 29.2 Å². The number of hydrogen-bond acceptors (Lipinski definition) is 0. The Balaban J connectivity index is 1.68. The van der Waals surface area contributed by atoms with Gasteiger partial charge in [0.1, 0.15) is 0 Å². The minimum atomic E-state index is -1.13. The average molecular weight is 339 g/mol. The molecule has 1 aromatic rings. The second-order valence-corrected chi connectivity index (χ2v) is 14.0. The van der Waals surface area contributed by atoms with Crippen LogP contribution in [0.3, 0.4) is 0 Å². The Morgan fingerprint density at radius 3 is 2.67 bits per heavy atom. The molecule has 0 nitrogen and oxygen atoms in total. The van der Waals surface area contributed by atoms with Crippen LogP contribution in [0.1, 0.15) is 63.5 Å². The van der Waals surface area contributed by atoms with Crippen LogP contribution in [0.15, 0.2) is 30.3 Å². The van der Waals surface area contributed by atoms with E-state index in [0.29, 0.717) is 0 Å². The van der Waals surface area contributed by atoms with E-state index < -0.39 is 8.07 Å². The molecule has 0 aromatic heterocycles. The number of fused-ring (bicyclic) bond motifs is 3. The van der Waals surface area contributed by atoms with E-state index in [2.05, 4.69) is 57.2 Å². The lowest BCUT2D eigenvalue weighted by Crippen LogP contribution is -2.42. The molecule has 2 fully saturated rings. The third-order valence-electron chi connectivity index (χ3n) is 7.77. The fraction of sp³-hybridized carbons (Fsp3) is 0.652. The van der Waals surface area contributed by atoms with Gasteiger partial charge in [0.05, 0.1) is 8.07 Å². The third kappa shape index (κ3) is 2.64. The van der Waals surface area contributed by atoms with Gasteiger partial charge in [0.15, 0.2) is 0 Å². The number of benzene rings is 1. The molecule has 0 bridgehead atoms. The zero-order valence-electron chi connectivity index (χ0n) is 15.8. The molecule has 24 heavy (non-hydrogen) atoms. The Hall–Kier alpha value is -0.823. The number of hydrogen-bond donors (Lipinski definition) is 0. The van der Waals surface area contributed by atoms with E-state index in [9.17, 15) is 0 Å². The average Bonchev–Trinajstić information content (AvgIpc) is 3.19. The van der Waals surface area contributed by atoms with Gasteiger partial charge >= 0.3 is 0 Å². The maximum atomic E-state index is 2.64. The van der Waals surface area contributed by atoms with Crippen molar-refractivity contribution >= 4 is 14.1 Å². The molecule has 1 aromatic carbocycles. The van der Waals surface area contributed by atoms with E-state index in [1.807, 2.05) is 0 Å². The van der Waals surface area contributed by atoms with Gasteiger partial charge in [-0.25, -0.2) is 0 Å². The van der Waals surface area contributed by atoms with Crippen molar-refractivity contribution in [1.29, 1.82) is 0 Å². The van der Waals surface area contributed by atoms with Crippen molar-refractivity contribution in [3.63, 3.8) is 0 Å². The van der Waals surface area contributed by atoms with Crippen molar-refractivity contribution in [1.82, 2.24) is 0 Å². The standard InChI is InChI=1S/C23H34Si/c1-4-17(2)16-24(13-7-8-14-24)23-18(3)15-22-20-10-6-5-9-19(20)11-12-21(22)23/h5-6,9-12,17-18,21-23H,4,7-8,13-16H2,1-3H3. The van der Waals surface area contributed by atoms with Crippen LogP contribution in [0, 0.1) is 17.8 Å². The second-order valence-electron chi connectivity index (χ2n) is 9.20. The minimum Gasteiger partial charge on any atom is -0.0802 e. The van der Waals surface area contributed by atoms with Crippen molar-refractivity contribution in [2.45, 2.75) is 76.0 Å². The summed E-state index contributed by atoms with van der Waals surface area (Å²) in [7, 11) is -1.13. The number of allylic oxidation sites excluding steroid dienone is 1. The van der Waals surface area contributed by atoms with E-state index in [4.69, 9.17) is 0 Å². The zero-order chi connectivity index (χ0) is 16.7. The molecule has 0 amide bonds. The lowest BCUT2D eigenvalue weighted by Gasteiger charge is -2.42. The van der Waals surface area contributed by atoms with E-state index in [1.165, 1.54) is 31.2 Å². The lowest BCUT2D eigenvalue weighted by molar-refractivity contribution is 0.532. The Morgan fingerprint density at radius 1 is 1.17 bits per heavy atom. The maximum Gasteiger partial charge on any atom is 0.0578 e. The van der Waals surface area contributed by atoms with Gasteiger partial charge in [-0.1, -0.05) is 94.6 Å².